The van der Waals surface area contributed by atoms with Crippen molar-refractivity contribution in [3.8, 4) is 0 Å². The van der Waals surface area contributed by atoms with Crippen LogP contribution in [0.25, 0.3) is 0 Å². The van der Waals surface area contributed by atoms with Gasteiger partial charge in [0.2, 0.25) is 0 Å². The fourth-order valence-corrected chi connectivity index (χ4v) is 1.37. The second-order valence-electron chi connectivity index (χ2n) is 4.43. The third-order valence-electron chi connectivity index (χ3n) is 3.13. The first kappa shape index (κ1) is 11.8. The molecule has 0 amide bonds. The molecule has 0 unspecified atom stereocenters. The van der Waals surface area contributed by atoms with Crippen molar-refractivity contribution in [3.05, 3.63) is 24.0 Å². The van der Waals surface area contributed by atoms with E-state index in [0.717, 1.165) is 12.1 Å². The van der Waals surface area contributed by atoms with Crippen molar-refractivity contribution in [1.82, 2.24) is 0 Å². The van der Waals surface area contributed by atoms with E-state index in [0.29, 0.717) is 5.69 Å². The third-order valence-corrected chi connectivity index (χ3v) is 3.13. The van der Waals surface area contributed by atoms with Crippen molar-refractivity contribution in [1.29, 1.82) is 0 Å². The number of nitrogens with two attached hydrogens (primary N) is 1. The Morgan fingerprint density at radius 3 is 2.53 bits per heavy atom. The molecule has 0 aliphatic carbocycles. The van der Waals surface area contributed by atoms with Crippen molar-refractivity contribution in [2.75, 3.05) is 17.7 Å². The van der Waals surface area contributed by atoms with Crippen molar-refractivity contribution >= 4 is 11.4 Å². The van der Waals surface area contributed by atoms with Gasteiger partial charge in [-0.2, -0.15) is 0 Å². The predicted octanol–water partition coefficient (Wildman–Crippen LogP) is 3.03. The van der Waals surface area contributed by atoms with Crippen molar-refractivity contribution in [3.63, 3.8) is 0 Å². The van der Waals surface area contributed by atoms with Crippen LogP contribution in [-0.4, -0.2) is 12.6 Å². The van der Waals surface area contributed by atoms with E-state index in [1.807, 2.05) is 11.9 Å². The summed E-state index contributed by atoms with van der Waals surface area (Å²) in [5.74, 6) is -0.252. The van der Waals surface area contributed by atoms with Gasteiger partial charge in [-0.05, 0) is 38.5 Å². The Morgan fingerprint density at radius 2 is 2.00 bits per heavy atom. The zero-order chi connectivity index (χ0) is 11.6. The minimum Gasteiger partial charge on any atom is -0.397 e. The second-order valence-corrected chi connectivity index (χ2v) is 4.43. The molecule has 1 aromatic carbocycles. The predicted molar refractivity (Wildman–Crippen MR) is 63.6 cm³/mol. The number of hydrogen-bond acceptors (Lipinski definition) is 2. The zero-order valence-electron chi connectivity index (χ0n) is 9.84. The average molecular weight is 210 g/mol. The first-order chi connectivity index (χ1) is 6.88. The normalized spacial score (nSPS) is 11.5. The van der Waals surface area contributed by atoms with Crippen molar-refractivity contribution in [2.45, 2.75) is 32.7 Å². The molecule has 0 spiro atoms. The molecule has 0 aliphatic rings. The fourth-order valence-electron chi connectivity index (χ4n) is 1.37. The number of rotatable bonds is 3. The van der Waals surface area contributed by atoms with Crippen molar-refractivity contribution in [2.24, 2.45) is 0 Å². The van der Waals surface area contributed by atoms with Crippen LogP contribution >= 0.6 is 0 Å². The van der Waals surface area contributed by atoms with Gasteiger partial charge in [0, 0.05) is 12.6 Å². The molecule has 3 heteroatoms. The minimum absolute atomic E-state index is 0.0259. The highest BCUT2D eigenvalue weighted by molar-refractivity contribution is 5.68. The van der Waals surface area contributed by atoms with E-state index in [-0.39, 0.29) is 11.4 Å². The van der Waals surface area contributed by atoms with Gasteiger partial charge >= 0.3 is 0 Å². The summed E-state index contributed by atoms with van der Waals surface area (Å²) in [5, 5.41) is 0. The maximum absolute atomic E-state index is 13.1. The lowest BCUT2D eigenvalue weighted by molar-refractivity contribution is 0.470. The molecule has 0 aromatic heterocycles. The molecule has 0 atom stereocenters. The quantitative estimate of drug-likeness (QED) is 0.777. The number of anilines is 2. The molecule has 0 saturated heterocycles. The van der Waals surface area contributed by atoms with Gasteiger partial charge in [0.25, 0.3) is 0 Å². The molecule has 0 saturated carbocycles. The average Bonchev–Trinajstić information content (AvgIpc) is 2.20. The first-order valence-corrected chi connectivity index (χ1v) is 5.17. The number of halogens is 1. The van der Waals surface area contributed by atoms with Gasteiger partial charge in [0.05, 0.1) is 11.4 Å². The molecule has 1 aromatic rings. The Labute approximate surface area is 90.9 Å². The van der Waals surface area contributed by atoms with Crippen molar-refractivity contribution < 1.29 is 4.39 Å². The standard InChI is InChI=1S/C12H19FN2/c1-5-12(2,3)15(4)11-8-9(13)6-7-10(11)14/h6-8H,5,14H2,1-4H3. The maximum Gasteiger partial charge on any atom is 0.125 e. The summed E-state index contributed by atoms with van der Waals surface area (Å²) in [6.07, 6.45) is 0.972. The molecular weight excluding hydrogens is 191 g/mol. The van der Waals surface area contributed by atoms with E-state index in [9.17, 15) is 4.39 Å². The van der Waals surface area contributed by atoms with E-state index < -0.39 is 0 Å². The lowest BCUT2D eigenvalue weighted by Crippen LogP contribution is -2.40. The Bertz CT molecular complexity index is 347. The molecule has 0 fully saturated rings. The van der Waals surface area contributed by atoms with E-state index in [2.05, 4.69) is 20.8 Å². The SMILES string of the molecule is CCC(C)(C)N(C)c1cc(F)ccc1N. The maximum atomic E-state index is 13.1. The summed E-state index contributed by atoms with van der Waals surface area (Å²) < 4.78 is 13.1. The number of benzene rings is 1. The number of hydrogen-bond donors (Lipinski definition) is 1. The molecular formula is C12H19FN2. The van der Waals surface area contributed by atoms with E-state index in [1.54, 1.807) is 6.07 Å². The Kier molecular flexibility index (Phi) is 3.22. The monoisotopic (exact) mass is 210 g/mol. The van der Waals surface area contributed by atoms with Crippen LogP contribution in [0, 0.1) is 5.82 Å². The van der Waals surface area contributed by atoms with Gasteiger partial charge in [0.1, 0.15) is 5.82 Å². The van der Waals surface area contributed by atoms with Gasteiger partial charge in [-0.25, -0.2) is 4.39 Å². The van der Waals surface area contributed by atoms with Crippen LogP contribution in [0.5, 0.6) is 0 Å². The smallest absolute Gasteiger partial charge is 0.125 e. The lowest BCUT2D eigenvalue weighted by atomic mass is 9.99. The number of nitrogens with zero attached hydrogens (tertiary/aromatic N) is 1. The number of nitrogen functional groups attached to an aromatic ring is 1. The van der Waals surface area contributed by atoms with E-state index in [1.165, 1.54) is 12.1 Å². The van der Waals surface area contributed by atoms with Crippen LogP contribution < -0.4 is 10.6 Å². The van der Waals surface area contributed by atoms with Gasteiger partial charge < -0.3 is 10.6 Å². The summed E-state index contributed by atoms with van der Waals surface area (Å²) in [6, 6.07) is 4.46. The Balaban J connectivity index is 3.10. The summed E-state index contributed by atoms with van der Waals surface area (Å²) in [4.78, 5) is 2.02. The van der Waals surface area contributed by atoms with Crippen LogP contribution in [0.1, 0.15) is 27.2 Å². The first-order valence-electron chi connectivity index (χ1n) is 5.17. The van der Waals surface area contributed by atoms with Gasteiger partial charge in [-0.1, -0.05) is 6.92 Å². The molecule has 84 valence electrons. The molecule has 0 bridgehead atoms. The highest BCUT2D eigenvalue weighted by Gasteiger charge is 2.23. The molecule has 0 aliphatic heterocycles. The topological polar surface area (TPSA) is 29.3 Å². The molecule has 1 rings (SSSR count). The summed E-state index contributed by atoms with van der Waals surface area (Å²) >= 11 is 0. The third kappa shape index (κ3) is 2.41. The largest absolute Gasteiger partial charge is 0.397 e. The van der Waals surface area contributed by atoms with Crippen LogP contribution in [0.3, 0.4) is 0 Å². The Morgan fingerprint density at radius 1 is 1.40 bits per heavy atom. The summed E-state index contributed by atoms with van der Waals surface area (Å²) in [5.41, 5.74) is 7.17. The summed E-state index contributed by atoms with van der Waals surface area (Å²) in [7, 11) is 1.94. The molecule has 15 heavy (non-hydrogen) atoms. The lowest BCUT2D eigenvalue weighted by Gasteiger charge is -2.37. The molecule has 2 nitrogen and oxygen atoms in total. The zero-order valence-corrected chi connectivity index (χ0v) is 9.84. The van der Waals surface area contributed by atoms with E-state index >= 15 is 0 Å². The van der Waals surface area contributed by atoms with E-state index in [4.69, 9.17) is 5.73 Å². The van der Waals surface area contributed by atoms with Crippen LogP contribution in [0.4, 0.5) is 15.8 Å². The van der Waals surface area contributed by atoms with Crippen LogP contribution in [-0.2, 0) is 0 Å². The van der Waals surface area contributed by atoms with Crippen LogP contribution in [0.2, 0.25) is 0 Å². The van der Waals surface area contributed by atoms with Gasteiger partial charge in [-0.3, -0.25) is 0 Å². The van der Waals surface area contributed by atoms with Gasteiger partial charge in [0.15, 0.2) is 0 Å². The van der Waals surface area contributed by atoms with Crippen LogP contribution in [0.15, 0.2) is 18.2 Å². The molecule has 2 N–H and O–H groups in total. The summed E-state index contributed by atoms with van der Waals surface area (Å²) in [6.45, 7) is 6.32. The fraction of sp³-hybridized carbons (Fsp3) is 0.500. The Hall–Kier alpha value is -1.25. The highest BCUT2D eigenvalue weighted by atomic mass is 19.1. The molecule has 0 radical (unpaired) electrons. The second kappa shape index (κ2) is 4.09. The minimum atomic E-state index is -0.252. The highest BCUT2D eigenvalue weighted by Crippen LogP contribution is 2.30. The molecule has 0 heterocycles. The van der Waals surface area contributed by atoms with Gasteiger partial charge in [-0.15, -0.1) is 0 Å².